The number of carboxylic acids is 1. The molecule has 1 aliphatic rings. The molecule has 2 rings (SSSR count). The first-order chi connectivity index (χ1) is 11.6. The number of aliphatic hydroxyl groups excluding tert-OH is 1. The molecule has 0 aromatic carbocycles. The standard InChI is InChI=1S/C18H25NO5/c1-23-16-11-14(8-9-15(20)13-5-2-3-6-13)19-12-17(16)24-10-4-7-18(21)22/h8-9,11-13,15,20H,2-7,10H2,1H3,(H,21,22). The molecule has 1 heterocycles. The van der Waals surface area contributed by atoms with Gasteiger partial charge in [-0.25, -0.2) is 0 Å². The second-order valence-electron chi connectivity index (χ2n) is 6.00. The van der Waals surface area contributed by atoms with Crippen molar-refractivity contribution in [1.29, 1.82) is 0 Å². The van der Waals surface area contributed by atoms with E-state index in [2.05, 4.69) is 4.98 Å². The van der Waals surface area contributed by atoms with E-state index in [0.29, 0.717) is 36.1 Å². The number of pyridine rings is 1. The Morgan fingerprint density at radius 1 is 1.42 bits per heavy atom. The average Bonchev–Trinajstić information content (AvgIpc) is 3.11. The van der Waals surface area contributed by atoms with Crippen molar-refractivity contribution in [2.24, 2.45) is 5.92 Å². The molecule has 0 saturated heterocycles. The van der Waals surface area contributed by atoms with Gasteiger partial charge in [-0.05, 0) is 31.3 Å². The van der Waals surface area contributed by atoms with E-state index in [1.165, 1.54) is 12.8 Å². The fourth-order valence-corrected chi connectivity index (χ4v) is 2.86. The molecule has 1 atom stereocenters. The quantitative estimate of drug-likeness (QED) is 0.675. The fraction of sp³-hybridized carbons (Fsp3) is 0.556. The SMILES string of the molecule is COc1cc(C=CC(O)C2CCCC2)ncc1OCCCC(=O)O. The van der Waals surface area contributed by atoms with Gasteiger partial charge in [0.15, 0.2) is 11.5 Å². The van der Waals surface area contributed by atoms with Crippen LogP contribution in [0.2, 0.25) is 0 Å². The molecule has 1 aromatic rings. The Morgan fingerprint density at radius 2 is 2.17 bits per heavy atom. The van der Waals surface area contributed by atoms with Gasteiger partial charge in [-0.3, -0.25) is 9.78 Å². The van der Waals surface area contributed by atoms with Crippen molar-refractivity contribution in [1.82, 2.24) is 4.98 Å². The summed E-state index contributed by atoms with van der Waals surface area (Å²) in [6.07, 6.45) is 9.71. The van der Waals surface area contributed by atoms with Crippen LogP contribution in [0.4, 0.5) is 0 Å². The van der Waals surface area contributed by atoms with Gasteiger partial charge in [-0.1, -0.05) is 18.9 Å². The van der Waals surface area contributed by atoms with Crippen LogP contribution >= 0.6 is 0 Å². The first kappa shape index (κ1) is 18.3. The van der Waals surface area contributed by atoms with Gasteiger partial charge in [-0.15, -0.1) is 0 Å². The predicted octanol–water partition coefficient (Wildman–Crippen LogP) is 2.90. The number of carbonyl (C=O) groups is 1. The first-order valence-electron chi connectivity index (χ1n) is 8.35. The number of hydrogen-bond donors (Lipinski definition) is 2. The topological polar surface area (TPSA) is 88.9 Å². The number of nitrogens with zero attached hydrogens (tertiary/aromatic N) is 1. The van der Waals surface area contributed by atoms with Crippen molar-refractivity contribution in [2.45, 2.75) is 44.6 Å². The Kier molecular flexibility index (Phi) is 7.06. The van der Waals surface area contributed by atoms with E-state index in [1.807, 2.05) is 0 Å². The minimum Gasteiger partial charge on any atom is -0.493 e. The zero-order chi connectivity index (χ0) is 17.4. The molecular formula is C18H25NO5. The maximum absolute atomic E-state index is 10.5. The van der Waals surface area contributed by atoms with Crippen molar-refractivity contribution >= 4 is 12.0 Å². The molecule has 6 heteroatoms. The van der Waals surface area contributed by atoms with Crippen LogP contribution < -0.4 is 9.47 Å². The van der Waals surface area contributed by atoms with Crippen molar-refractivity contribution < 1.29 is 24.5 Å². The van der Waals surface area contributed by atoms with Crippen LogP contribution in [0.1, 0.15) is 44.2 Å². The number of rotatable bonds is 9. The first-order valence-corrected chi connectivity index (χ1v) is 8.35. The summed E-state index contributed by atoms with van der Waals surface area (Å²) in [6, 6.07) is 1.74. The van der Waals surface area contributed by atoms with E-state index in [9.17, 15) is 9.90 Å². The molecule has 1 aromatic heterocycles. The number of aliphatic carboxylic acids is 1. The lowest BCUT2D eigenvalue weighted by molar-refractivity contribution is -0.137. The summed E-state index contributed by atoms with van der Waals surface area (Å²) < 4.78 is 10.8. The highest BCUT2D eigenvalue weighted by atomic mass is 16.5. The predicted molar refractivity (Wildman–Crippen MR) is 90.2 cm³/mol. The highest BCUT2D eigenvalue weighted by Gasteiger charge is 2.20. The Balaban J connectivity index is 1.93. The molecule has 0 amide bonds. The lowest BCUT2D eigenvalue weighted by Gasteiger charge is -2.13. The summed E-state index contributed by atoms with van der Waals surface area (Å²) in [5.41, 5.74) is 0.682. The molecule has 132 valence electrons. The highest BCUT2D eigenvalue weighted by Crippen LogP contribution is 2.29. The van der Waals surface area contributed by atoms with Crippen molar-refractivity contribution in [2.75, 3.05) is 13.7 Å². The molecule has 6 nitrogen and oxygen atoms in total. The normalized spacial score (nSPS) is 16.4. The third-order valence-electron chi connectivity index (χ3n) is 4.21. The Morgan fingerprint density at radius 3 is 2.83 bits per heavy atom. The number of aromatic nitrogens is 1. The minimum absolute atomic E-state index is 0.0651. The third kappa shape index (κ3) is 5.53. The molecule has 1 aliphatic carbocycles. The van der Waals surface area contributed by atoms with Crippen LogP contribution in [0.3, 0.4) is 0 Å². The van der Waals surface area contributed by atoms with Crippen molar-refractivity contribution in [3.8, 4) is 11.5 Å². The minimum atomic E-state index is -0.843. The largest absolute Gasteiger partial charge is 0.493 e. The molecule has 24 heavy (non-hydrogen) atoms. The second kappa shape index (κ2) is 9.27. The van der Waals surface area contributed by atoms with E-state index >= 15 is 0 Å². The summed E-state index contributed by atoms with van der Waals surface area (Å²) >= 11 is 0. The van der Waals surface area contributed by atoms with Crippen molar-refractivity contribution in [3.05, 3.63) is 24.0 Å². The van der Waals surface area contributed by atoms with E-state index in [1.54, 1.807) is 31.5 Å². The fourth-order valence-electron chi connectivity index (χ4n) is 2.86. The number of ether oxygens (including phenoxy) is 2. The monoisotopic (exact) mass is 335 g/mol. The maximum atomic E-state index is 10.5. The van der Waals surface area contributed by atoms with E-state index < -0.39 is 12.1 Å². The summed E-state index contributed by atoms with van der Waals surface area (Å²) in [7, 11) is 1.54. The molecular weight excluding hydrogens is 310 g/mol. The molecule has 1 saturated carbocycles. The number of carboxylic acid groups (broad SMARTS) is 1. The summed E-state index contributed by atoms with van der Waals surface area (Å²) in [5.74, 6) is 0.525. The van der Waals surface area contributed by atoms with Gasteiger partial charge in [0.2, 0.25) is 0 Å². The van der Waals surface area contributed by atoms with Crippen molar-refractivity contribution in [3.63, 3.8) is 0 Å². The number of hydrogen-bond acceptors (Lipinski definition) is 5. The van der Waals surface area contributed by atoms with Gasteiger partial charge in [0.1, 0.15) is 0 Å². The molecule has 0 spiro atoms. The molecule has 1 unspecified atom stereocenters. The molecule has 1 fully saturated rings. The van der Waals surface area contributed by atoms with Gasteiger partial charge >= 0.3 is 5.97 Å². The Bertz CT molecular complexity index is 567. The van der Waals surface area contributed by atoms with Crippen LogP contribution in [0.5, 0.6) is 11.5 Å². The third-order valence-corrected chi connectivity index (χ3v) is 4.21. The van der Waals surface area contributed by atoms with Gasteiger partial charge < -0.3 is 19.7 Å². The molecule has 0 radical (unpaired) electrons. The number of aliphatic hydroxyl groups is 1. The lowest BCUT2D eigenvalue weighted by Crippen LogP contribution is -2.14. The lowest BCUT2D eigenvalue weighted by atomic mass is 10.0. The van der Waals surface area contributed by atoms with E-state index in [-0.39, 0.29) is 6.42 Å². The second-order valence-corrected chi connectivity index (χ2v) is 6.00. The maximum Gasteiger partial charge on any atom is 0.303 e. The molecule has 0 bridgehead atoms. The Hall–Kier alpha value is -2.08. The van der Waals surface area contributed by atoms with Crippen LogP contribution in [0.25, 0.3) is 6.08 Å². The highest BCUT2D eigenvalue weighted by molar-refractivity contribution is 5.66. The molecule has 2 N–H and O–H groups in total. The van der Waals surface area contributed by atoms with Crippen LogP contribution in [0, 0.1) is 5.92 Å². The van der Waals surface area contributed by atoms with Gasteiger partial charge in [-0.2, -0.15) is 0 Å². The summed E-state index contributed by atoms with van der Waals surface area (Å²) in [6.45, 7) is 0.292. The zero-order valence-electron chi connectivity index (χ0n) is 14.0. The Labute approximate surface area is 142 Å². The van der Waals surface area contributed by atoms with E-state index in [4.69, 9.17) is 14.6 Å². The van der Waals surface area contributed by atoms with Crippen LogP contribution in [0.15, 0.2) is 18.3 Å². The smallest absolute Gasteiger partial charge is 0.303 e. The van der Waals surface area contributed by atoms with E-state index in [0.717, 1.165) is 12.8 Å². The molecule has 0 aliphatic heterocycles. The van der Waals surface area contributed by atoms with Crippen LogP contribution in [-0.2, 0) is 4.79 Å². The summed E-state index contributed by atoms with van der Waals surface area (Å²) in [5, 5.41) is 18.8. The van der Waals surface area contributed by atoms with Gasteiger partial charge in [0.05, 0.1) is 31.7 Å². The number of methoxy groups -OCH3 is 1. The van der Waals surface area contributed by atoms with Crippen LogP contribution in [-0.4, -0.2) is 41.0 Å². The average molecular weight is 335 g/mol. The van der Waals surface area contributed by atoms with Gasteiger partial charge in [0.25, 0.3) is 0 Å². The summed E-state index contributed by atoms with van der Waals surface area (Å²) in [4.78, 5) is 14.8. The van der Waals surface area contributed by atoms with Gasteiger partial charge in [0, 0.05) is 12.5 Å². The zero-order valence-corrected chi connectivity index (χ0v) is 14.0.